The molecule has 0 bridgehead atoms. The molecule has 1 nitrogen and oxygen atoms in total. The van der Waals surface area contributed by atoms with Gasteiger partial charge in [0.25, 0.3) is 0 Å². The lowest BCUT2D eigenvalue weighted by atomic mass is 9.94. The summed E-state index contributed by atoms with van der Waals surface area (Å²) < 4.78 is 0. The molecule has 0 saturated heterocycles. The normalized spacial score (nSPS) is 14.7. The van der Waals surface area contributed by atoms with E-state index in [1.54, 1.807) is 0 Å². The second-order valence-electron chi connectivity index (χ2n) is 6.67. The van der Waals surface area contributed by atoms with Gasteiger partial charge in [0.05, 0.1) is 0 Å². The third-order valence-electron chi connectivity index (χ3n) is 4.35. The summed E-state index contributed by atoms with van der Waals surface area (Å²) in [6.45, 7) is 13.4. The van der Waals surface area contributed by atoms with E-state index in [9.17, 15) is 0 Å². The zero-order valence-corrected chi connectivity index (χ0v) is 15.1. The van der Waals surface area contributed by atoms with Crippen LogP contribution in [-0.2, 0) is 6.54 Å². The van der Waals surface area contributed by atoms with Gasteiger partial charge < -0.3 is 5.32 Å². The van der Waals surface area contributed by atoms with Crippen molar-refractivity contribution >= 4 is 0 Å². The van der Waals surface area contributed by atoms with Crippen molar-refractivity contribution in [2.45, 2.75) is 46.1 Å². The Hall–Kier alpha value is -2.28. The van der Waals surface area contributed by atoms with E-state index in [-0.39, 0.29) is 0 Å². The average molecular weight is 319 g/mol. The topological polar surface area (TPSA) is 12.0 Å². The van der Waals surface area contributed by atoms with Gasteiger partial charge in [-0.15, -0.1) is 0 Å². The summed E-state index contributed by atoms with van der Waals surface area (Å²) in [5.74, 6) is 0. The van der Waals surface area contributed by atoms with E-state index in [1.165, 1.54) is 29.6 Å². The molecule has 0 heterocycles. The molecule has 0 saturated carbocycles. The smallest absolute Gasteiger partial charge is 0.0400 e. The maximum atomic E-state index is 4.23. The third kappa shape index (κ3) is 6.08. The summed E-state index contributed by atoms with van der Waals surface area (Å²) in [6.07, 6.45) is 11.2. The Labute approximate surface area is 147 Å². The van der Waals surface area contributed by atoms with Gasteiger partial charge in [-0.1, -0.05) is 72.4 Å². The highest BCUT2D eigenvalue weighted by molar-refractivity contribution is 5.33. The standard InChI is InChI=1S/C23H29N/c1-18(2)23(24-17-22-8-6-5-7-9-22)16-20(4)12-15-21-13-10-19(3)11-14-21/h5-10,13,16,24H,1,4,11-12,14-15,17H2,2-3H3/b23-16+. The molecule has 0 radical (unpaired) electrons. The largest absolute Gasteiger partial charge is 0.381 e. The number of hydrogen-bond acceptors (Lipinski definition) is 1. The van der Waals surface area contributed by atoms with Crippen LogP contribution in [-0.4, -0.2) is 0 Å². The zero-order chi connectivity index (χ0) is 17.4. The molecule has 0 aliphatic heterocycles. The van der Waals surface area contributed by atoms with E-state index in [2.05, 4.69) is 67.9 Å². The quantitative estimate of drug-likeness (QED) is 0.559. The molecule has 1 aromatic carbocycles. The lowest BCUT2D eigenvalue weighted by Crippen LogP contribution is -2.13. The molecule has 1 aliphatic rings. The minimum atomic E-state index is 0.808. The molecule has 126 valence electrons. The van der Waals surface area contributed by atoms with Crippen LogP contribution in [0.4, 0.5) is 0 Å². The first kappa shape index (κ1) is 18.1. The van der Waals surface area contributed by atoms with Crippen molar-refractivity contribution in [3.8, 4) is 0 Å². The Morgan fingerprint density at radius 3 is 2.50 bits per heavy atom. The molecule has 0 spiro atoms. The van der Waals surface area contributed by atoms with Crippen LogP contribution in [0.25, 0.3) is 0 Å². The molecule has 2 rings (SSSR count). The summed E-state index contributed by atoms with van der Waals surface area (Å²) in [6, 6.07) is 10.4. The molecule has 0 amide bonds. The average Bonchev–Trinajstić information content (AvgIpc) is 2.58. The predicted octanol–water partition coefficient (Wildman–Crippen LogP) is 6.24. The Kier molecular flexibility index (Phi) is 6.87. The molecule has 1 N–H and O–H groups in total. The summed E-state index contributed by atoms with van der Waals surface area (Å²) in [4.78, 5) is 0. The number of allylic oxidation sites excluding steroid dienone is 7. The maximum absolute atomic E-state index is 4.23. The van der Waals surface area contributed by atoms with Crippen LogP contribution in [0.2, 0.25) is 0 Å². The van der Waals surface area contributed by atoms with Crippen molar-refractivity contribution in [1.82, 2.24) is 5.32 Å². The lowest BCUT2D eigenvalue weighted by Gasteiger charge is -2.14. The number of benzene rings is 1. The molecule has 0 atom stereocenters. The van der Waals surface area contributed by atoms with Crippen LogP contribution in [0.1, 0.15) is 45.1 Å². The fourth-order valence-electron chi connectivity index (χ4n) is 2.71. The number of nitrogens with one attached hydrogen (secondary N) is 1. The molecular formula is C23H29N. The minimum absolute atomic E-state index is 0.808. The highest BCUT2D eigenvalue weighted by atomic mass is 14.9. The second kappa shape index (κ2) is 9.12. The fraction of sp³-hybridized carbons (Fsp3) is 0.304. The van der Waals surface area contributed by atoms with Gasteiger partial charge >= 0.3 is 0 Å². The van der Waals surface area contributed by atoms with Crippen LogP contribution >= 0.6 is 0 Å². The molecule has 1 heteroatoms. The van der Waals surface area contributed by atoms with Crippen LogP contribution in [0.5, 0.6) is 0 Å². The molecular weight excluding hydrogens is 290 g/mol. The van der Waals surface area contributed by atoms with Crippen molar-refractivity contribution in [1.29, 1.82) is 0 Å². The fourth-order valence-corrected chi connectivity index (χ4v) is 2.71. The molecule has 0 unspecified atom stereocenters. The van der Waals surface area contributed by atoms with E-state index in [0.717, 1.165) is 36.2 Å². The van der Waals surface area contributed by atoms with Crippen LogP contribution in [0.3, 0.4) is 0 Å². The summed E-state index contributed by atoms with van der Waals surface area (Å²) in [5.41, 5.74) is 7.56. The third-order valence-corrected chi connectivity index (χ3v) is 4.35. The Morgan fingerprint density at radius 1 is 1.12 bits per heavy atom. The Morgan fingerprint density at radius 2 is 1.88 bits per heavy atom. The van der Waals surface area contributed by atoms with Gasteiger partial charge in [-0.05, 0) is 56.7 Å². The summed E-state index contributed by atoms with van der Waals surface area (Å²) >= 11 is 0. The molecule has 1 aromatic rings. The SMILES string of the molecule is C=C(/C=C(/NCc1ccccc1)C(=C)C)CCC1=CC=C(C)CC1. The van der Waals surface area contributed by atoms with Gasteiger partial charge in [-0.3, -0.25) is 0 Å². The van der Waals surface area contributed by atoms with Crippen molar-refractivity contribution in [2.24, 2.45) is 0 Å². The van der Waals surface area contributed by atoms with E-state index in [4.69, 9.17) is 0 Å². The second-order valence-corrected chi connectivity index (χ2v) is 6.67. The monoisotopic (exact) mass is 319 g/mol. The highest BCUT2D eigenvalue weighted by Crippen LogP contribution is 2.23. The van der Waals surface area contributed by atoms with Gasteiger partial charge in [0, 0.05) is 12.2 Å². The summed E-state index contributed by atoms with van der Waals surface area (Å²) in [5, 5.41) is 3.49. The van der Waals surface area contributed by atoms with Gasteiger partial charge in [0.15, 0.2) is 0 Å². The first-order chi connectivity index (χ1) is 11.5. The van der Waals surface area contributed by atoms with Gasteiger partial charge in [0.2, 0.25) is 0 Å². The van der Waals surface area contributed by atoms with E-state index in [0.29, 0.717) is 0 Å². The number of rotatable bonds is 8. The predicted molar refractivity (Wildman–Crippen MR) is 106 cm³/mol. The lowest BCUT2D eigenvalue weighted by molar-refractivity contribution is 0.804. The molecule has 0 aromatic heterocycles. The van der Waals surface area contributed by atoms with Crippen LogP contribution in [0.15, 0.2) is 89.7 Å². The minimum Gasteiger partial charge on any atom is -0.381 e. The van der Waals surface area contributed by atoms with E-state index < -0.39 is 0 Å². The number of hydrogen-bond donors (Lipinski definition) is 1. The van der Waals surface area contributed by atoms with Crippen LogP contribution < -0.4 is 5.32 Å². The van der Waals surface area contributed by atoms with Gasteiger partial charge in [-0.2, -0.15) is 0 Å². The van der Waals surface area contributed by atoms with Crippen LogP contribution in [0, 0.1) is 0 Å². The summed E-state index contributed by atoms with van der Waals surface area (Å²) in [7, 11) is 0. The van der Waals surface area contributed by atoms with E-state index >= 15 is 0 Å². The van der Waals surface area contributed by atoms with Crippen molar-refractivity contribution in [2.75, 3.05) is 0 Å². The van der Waals surface area contributed by atoms with Gasteiger partial charge in [-0.25, -0.2) is 0 Å². The molecule has 0 fully saturated rings. The highest BCUT2D eigenvalue weighted by Gasteiger charge is 2.05. The first-order valence-electron chi connectivity index (χ1n) is 8.73. The van der Waals surface area contributed by atoms with E-state index in [1.807, 2.05) is 13.0 Å². The van der Waals surface area contributed by atoms with Gasteiger partial charge in [0.1, 0.15) is 0 Å². The van der Waals surface area contributed by atoms with Crippen molar-refractivity contribution < 1.29 is 0 Å². The van der Waals surface area contributed by atoms with Crippen molar-refractivity contribution in [3.05, 3.63) is 95.3 Å². The Balaban J connectivity index is 1.89. The first-order valence-corrected chi connectivity index (χ1v) is 8.73. The zero-order valence-electron chi connectivity index (χ0n) is 15.1. The Bertz CT molecular complexity index is 671. The maximum Gasteiger partial charge on any atom is 0.0400 e. The van der Waals surface area contributed by atoms with Crippen molar-refractivity contribution in [3.63, 3.8) is 0 Å². The molecule has 24 heavy (non-hydrogen) atoms. The molecule has 1 aliphatic carbocycles.